The van der Waals surface area contributed by atoms with Crippen molar-refractivity contribution in [3.63, 3.8) is 0 Å². The van der Waals surface area contributed by atoms with E-state index in [9.17, 15) is 18.0 Å². The Bertz CT molecular complexity index is 1840. The summed E-state index contributed by atoms with van der Waals surface area (Å²) < 4.78 is 41.1. The molecular weight excluding hydrogens is 639 g/mol. The van der Waals surface area contributed by atoms with Crippen LogP contribution in [0, 0.1) is 13.8 Å². The first-order valence-corrected chi connectivity index (χ1v) is 18.0. The average Bonchev–Trinajstić information content (AvgIpc) is 3.62. The van der Waals surface area contributed by atoms with Gasteiger partial charge >= 0.3 is 0 Å². The van der Waals surface area contributed by atoms with Gasteiger partial charge in [0.2, 0.25) is 11.8 Å². The molecule has 0 saturated heterocycles. The molecule has 1 atom stereocenters. The van der Waals surface area contributed by atoms with Gasteiger partial charge in [-0.15, -0.1) is 0 Å². The first-order chi connectivity index (χ1) is 23.6. The number of amides is 2. The summed E-state index contributed by atoms with van der Waals surface area (Å²) in [4.78, 5) is 30.7. The number of methoxy groups -OCH3 is 2. The van der Waals surface area contributed by atoms with Gasteiger partial charge in [-0.1, -0.05) is 85.1 Å². The first kappa shape index (κ1) is 35.5. The molecule has 1 fully saturated rings. The third kappa shape index (κ3) is 8.61. The van der Waals surface area contributed by atoms with Crippen LogP contribution in [0.3, 0.4) is 0 Å². The van der Waals surface area contributed by atoms with Gasteiger partial charge in [0.25, 0.3) is 10.0 Å². The number of hydrogen-bond acceptors (Lipinski definition) is 6. The second-order valence-electron chi connectivity index (χ2n) is 12.5. The van der Waals surface area contributed by atoms with Gasteiger partial charge in [0.05, 0.1) is 24.8 Å². The number of hydrogen-bond donors (Lipinski definition) is 1. The van der Waals surface area contributed by atoms with Crippen LogP contribution in [-0.2, 0) is 32.6 Å². The van der Waals surface area contributed by atoms with Crippen molar-refractivity contribution in [2.24, 2.45) is 0 Å². The summed E-state index contributed by atoms with van der Waals surface area (Å²) in [5, 5.41) is 3.21. The summed E-state index contributed by atoms with van der Waals surface area (Å²) in [5.41, 5.74) is 3.72. The van der Waals surface area contributed by atoms with Gasteiger partial charge in [-0.25, -0.2) is 8.42 Å². The van der Waals surface area contributed by atoms with Crippen molar-refractivity contribution in [2.45, 2.75) is 69.5 Å². The summed E-state index contributed by atoms with van der Waals surface area (Å²) in [6.45, 7) is 3.34. The Morgan fingerprint density at radius 3 is 2.18 bits per heavy atom. The van der Waals surface area contributed by atoms with E-state index in [2.05, 4.69) is 5.32 Å². The van der Waals surface area contributed by atoms with E-state index >= 15 is 0 Å². The van der Waals surface area contributed by atoms with Crippen molar-refractivity contribution in [1.29, 1.82) is 0 Å². The van der Waals surface area contributed by atoms with Gasteiger partial charge in [0.1, 0.15) is 24.1 Å². The SMILES string of the molecule is COc1ccc(OC)c(N(CC(=O)N(Cc2ccccc2C)[C@H](Cc2ccccc2)C(=O)NC2CCCC2)S(=O)(=O)c2ccc(C)cc2)c1. The van der Waals surface area contributed by atoms with Crippen molar-refractivity contribution in [1.82, 2.24) is 10.2 Å². The number of sulfonamides is 1. The highest BCUT2D eigenvalue weighted by Crippen LogP contribution is 2.36. The van der Waals surface area contributed by atoms with E-state index in [0.29, 0.717) is 5.75 Å². The fraction of sp³-hybridized carbons (Fsp3) is 0.333. The lowest BCUT2D eigenvalue weighted by Gasteiger charge is -2.35. The number of ether oxygens (including phenoxy) is 2. The molecule has 4 aromatic carbocycles. The molecule has 49 heavy (non-hydrogen) atoms. The molecule has 0 bridgehead atoms. The third-order valence-electron chi connectivity index (χ3n) is 9.12. The van der Waals surface area contributed by atoms with Crippen LogP contribution in [0.1, 0.15) is 47.9 Å². The number of aryl methyl sites for hydroxylation is 2. The van der Waals surface area contributed by atoms with Gasteiger partial charge in [-0.2, -0.15) is 0 Å². The van der Waals surface area contributed by atoms with Gasteiger partial charge in [-0.05, 0) is 67.6 Å². The van der Waals surface area contributed by atoms with E-state index in [1.807, 2.05) is 68.4 Å². The Kier molecular flexibility index (Phi) is 11.6. The van der Waals surface area contributed by atoms with Crippen LogP contribution < -0.4 is 19.1 Å². The number of anilines is 1. The smallest absolute Gasteiger partial charge is 0.264 e. The van der Waals surface area contributed by atoms with E-state index in [-0.39, 0.29) is 41.2 Å². The lowest BCUT2D eigenvalue weighted by molar-refractivity contribution is -0.140. The predicted octanol–water partition coefficient (Wildman–Crippen LogP) is 6.21. The molecule has 1 saturated carbocycles. The minimum Gasteiger partial charge on any atom is -0.497 e. The monoisotopic (exact) mass is 683 g/mol. The number of benzene rings is 4. The highest BCUT2D eigenvalue weighted by atomic mass is 32.2. The van der Waals surface area contributed by atoms with E-state index in [4.69, 9.17) is 9.47 Å². The molecular formula is C39H45N3O6S. The quantitative estimate of drug-likeness (QED) is 0.169. The van der Waals surface area contributed by atoms with Crippen LogP contribution >= 0.6 is 0 Å². The van der Waals surface area contributed by atoms with E-state index in [1.165, 1.54) is 37.3 Å². The molecule has 10 heteroatoms. The normalized spacial score (nSPS) is 13.8. The van der Waals surface area contributed by atoms with Crippen molar-refractivity contribution in [3.05, 3.63) is 119 Å². The molecule has 1 N–H and O–H groups in total. The Balaban J connectivity index is 1.62. The van der Waals surface area contributed by atoms with Crippen LogP contribution in [0.25, 0.3) is 0 Å². The zero-order valence-electron chi connectivity index (χ0n) is 28.6. The zero-order valence-corrected chi connectivity index (χ0v) is 29.4. The summed E-state index contributed by atoms with van der Waals surface area (Å²) in [6.07, 6.45) is 4.09. The molecule has 0 heterocycles. The summed E-state index contributed by atoms with van der Waals surface area (Å²) >= 11 is 0. The molecule has 0 spiro atoms. The van der Waals surface area contributed by atoms with Crippen molar-refractivity contribution in [2.75, 3.05) is 25.1 Å². The summed E-state index contributed by atoms with van der Waals surface area (Å²) in [5.74, 6) is -0.160. The van der Waals surface area contributed by atoms with Crippen molar-refractivity contribution >= 4 is 27.5 Å². The second kappa shape index (κ2) is 16.0. The Morgan fingerprint density at radius 2 is 1.53 bits per heavy atom. The molecule has 0 aliphatic heterocycles. The molecule has 9 nitrogen and oxygen atoms in total. The van der Waals surface area contributed by atoms with Gasteiger partial charge in [0.15, 0.2) is 0 Å². The molecule has 5 rings (SSSR count). The minimum atomic E-state index is -4.31. The van der Waals surface area contributed by atoms with E-state index in [1.54, 1.807) is 24.3 Å². The largest absolute Gasteiger partial charge is 0.497 e. The molecule has 0 aromatic heterocycles. The van der Waals surface area contributed by atoms with Gasteiger partial charge in [-0.3, -0.25) is 13.9 Å². The van der Waals surface area contributed by atoms with Gasteiger partial charge < -0.3 is 19.7 Å². The Hall–Kier alpha value is -4.83. The minimum absolute atomic E-state index is 0.0149. The first-order valence-electron chi connectivity index (χ1n) is 16.6. The zero-order chi connectivity index (χ0) is 35.0. The number of nitrogens with zero attached hydrogens (tertiary/aromatic N) is 2. The number of rotatable bonds is 14. The lowest BCUT2D eigenvalue weighted by atomic mass is 10.0. The maximum absolute atomic E-state index is 14.9. The second-order valence-corrected chi connectivity index (χ2v) is 14.4. The van der Waals surface area contributed by atoms with Crippen LogP contribution in [0.5, 0.6) is 11.5 Å². The molecule has 4 aromatic rings. The highest BCUT2D eigenvalue weighted by Gasteiger charge is 2.36. The Morgan fingerprint density at radius 1 is 0.857 bits per heavy atom. The molecule has 2 amide bonds. The maximum Gasteiger partial charge on any atom is 0.264 e. The summed E-state index contributed by atoms with van der Waals surface area (Å²) in [7, 11) is -1.39. The topological polar surface area (TPSA) is 105 Å². The standard InChI is InChI=1S/C39H45N3O6S/c1-28-18-21-34(22-19-28)49(45,46)42(35-25-33(47-3)20-23-37(35)48-4)27-38(43)41(26-31-15-9-8-12-29(31)2)36(24-30-13-6-5-7-14-30)39(44)40-32-16-10-11-17-32/h5-9,12-15,18-23,25,32,36H,10-11,16-17,24,26-27H2,1-4H3,(H,40,44)/t36-/m1/s1. The van der Waals surface area contributed by atoms with E-state index in [0.717, 1.165) is 52.2 Å². The fourth-order valence-electron chi connectivity index (χ4n) is 6.23. The number of carbonyl (C=O) groups is 2. The maximum atomic E-state index is 14.9. The molecule has 0 unspecified atom stereocenters. The van der Waals surface area contributed by atoms with Gasteiger partial charge in [0, 0.05) is 25.1 Å². The summed E-state index contributed by atoms with van der Waals surface area (Å²) in [6, 6.07) is 27.7. The lowest BCUT2D eigenvalue weighted by Crippen LogP contribution is -2.54. The highest BCUT2D eigenvalue weighted by molar-refractivity contribution is 7.92. The predicted molar refractivity (Wildman–Crippen MR) is 191 cm³/mol. The van der Waals surface area contributed by atoms with Crippen molar-refractivity contribution < 1.29 is 27.5 Å². The van der Waals surface area contributed by atoms with Crippen LogP contribution in [0.15, 0.2) is 102 Å². The molecule has 1 aliphatic rings. The molecule has 258 valence electrons. The van der Waals surface area contributed by atoms with Crippen LogP contribution in [-0.4, -0.2) is 58.0 Å². The molecule has 0 radical (unpaired) electrons. The van der Waals surface area contributed by atoms with Crippen molar-refractivity contribution in [3.8, 4) is 11.5 Å². The van der Waals surface area contributed by atoms with Crippen LogP contribution in [0.2, 0.25) is 0 Å². The van der Waals surface area contributed by atoms with E-state index < -0.39 is 28.5 Å². The van der Waals surface area contributed by atoms with Crippen LogP contribution in [0.4, 0.5) is 5.69 Å². The third-order valence-corrected chi connectivity index (χ3v) is 10.9. The fourth-order valence-corrected chi connectivity index (χ4v) is 7.65. The molecule has 1 aliphatic carbocycles. The number of carbonyl (C=O) groups excluding carboxylic acids is 2. The number of nitrogens with one attached hydrogen (secondary N) is 1. The average molecular weight is 684 g/mol. The Labute approximate surface area is 289 Å².